The summed E-state index contributed by atoms with van der Waals surface area (Å²) < 4.78 is 205. The molecule has 0 aliphatic carbocycles. The Morgan fingerprint density at radius 3 is 1.03 bits per heavy atom. The van der Waals surface area contributed by atoms with Crippen LogP contribution in [-0.2, 0) is 10.8 Å². The van der Waals surface area contributed by atoms with Crippen LogP contribution in [0.3, 0.4) is 0 Å². The Hall–Kier alpha value is -7.68. The molecule has 0 amide bonds. The smallest absolute Gasteiger partial charge is 0.406 e. The maximum Gasteiger partial charge on any atom is 0.586 e. The molecule has 0 bridgehead atoms. The molecule has 2 aliphatic heterocycles. The van der Waals surface area contributed by atoms with Gasteiger partial charge in [0.2, 0.25) is 0 Å². The molecule has 730 valence electrons. The zero-order valence-electron chi connectivity index (χ0n) is 82.0. The van der Waals surface area contributed by atoms with Crippen molar-refractivity contribution in [3.63, 3.8) is 0 Å². The first-order valence-corrected chi connectivity index (χ1v) is 45.9. The van der Waals surface area contributed by atoms with E-state index in [9.17, 15) is 61.5 Å². The minimum absolute atomic E-state index is 0.00400. The van der Waals surface area contributed by atoms with Crippen LogP contribution in [0, 0.1) is 17.1 Å². The van der Waals surface area contributed by atoms with Crippen LogP contribution >= 0.6 is 58.0 Å². The van der Waals surface area contributed by atoms with E-state index in [0.717, 1.165) is 55.6 Å². The summed E-state index contributed by atoms with van der Waals surface area (Å²) in [5.41, 5.74) is 16.7. The van der Waals surface area contributed by atoms with Gasteiger partial charge in [-0.25, -0.2) is 4.39 Å². The first-order valence-electron chi connectivity index (χ1n) is 44.1. The van der Waals surface area contributed by atoms with Crippen LogP contribution in [0.25, 0.3) is 0 Å². The minimum atomic E-state index is -4.88. The molecular formula is C104H134Cl5F14NO7. The lowest BCUT2D eigenvalue weighted by molar-refractivity contribution is -0.287. The van der Waals surface area contributed by atoms with E-state index < -0.39 is 43.2 Å². The van der Waals surface area contributed by atoms with Gasteiger partial charge in [-0.15, -0.1) is 57.1 Å². The summed E-state index contributed by atoms with van der Waals surface area (Å²) in [5.74, 6) is 1.91. The van der Waals surface area contributed by atoms with Gasteiger partial charge in [0.15, 0.2) is 34.6 Å². The Bertz CT molecular complexity index is 5000. The second kappa shape index (κ2) is 48.7. The van der Waals surface area contributed by atoms with Crippen molar-refractivity contribution in [2.75, 3.05) is 0 Å². The van der Waals surface area contributed by atoms with Gasteiger partial charge in [0.05, 0.1) is 31.7 Å². The van der Waals surface area contributed by atoms with Crippen LogP contribution < -0.4 is 33.2 Å². The highest BCUT2D eigenvalue weighted by Crippen LogP contribution is 2.53. The number of rotatable bonds is 17. The molecule has 0 spiro atoms. The van der Waals surface area contributed by atoms with Crippen molar-refractivity contribution in [1.82, 2.24) is 0 Å². The molecule has 8 nitrogen and oxygen atoms in total. The molecule has 0 fully saturated rings. The molecule has 2 aliphatic rings. The van der Waals surface area contributed by atoms with E-state index in [4.69, 9.17) is 63.3 Å². The number of hydrogen-bond donors (Lipinski definition) is 0. The number of nitriles is 1. The summed E-state index contributed by atoms with van der Waals surface area (Å²) in [7, 11) is 0. The highest BCUT2D eigenvalue weighted by atomic mass is 35.5. The molecule has 2 heterocycles. The summed E-state index contributed by atoms with van der Waals surface area (Å²) in [4.78, 5) is 0. The van der Waals surface area contributed by atoms with Crippen LogP contribution in [0.1, 0.15) is 413 Å². The molecule has 0 unspecified atom stereocenters. The number of fused-ring (bicyclic) bond motifs is 2. The predicted octanol–water partition coefficient (Wildman–Crippen LogP) is 38.4. The fraction of sp³-hybridized carbons (Fsp3) is 0.529. The lowest BCUT2D eigenvalue weighted by Gasteiger charge is -2.26. The van der Waals surface area contributed by atoms with Gasteiger partial charge in [-0.1, -0.05) is 330 Å². The van der Waals surface area contributed by atoms with E-state index in [2.05, 4.69) is 167 Å². The molecular weight excluding hydrogens is 1820 g/mol. The van der Waals surface area contributed by atoms with Gasteiger partial charge < -0.3 is 33.2 Å². The Labute approximate surface area is 794 Å². The largest absolute Gasteiger partial charge is 0.586 e. The Morgan fingerprint density at radius 2 is 0.634 bits per heavy atom. The molecule has 0 N–H and O–H groups in total. The van der Waals surface area contributed by atoms with Crippen molar-refractivity contribution in [3.05, 3.63) is 235 Å². The topological polar surface area (TPSA) is 88.4 Å². The lowest BCUT2D eigenvalue weighted by Crippen LogP contribution is -2.26. The van der Waals surface area contributed by atoms with Crippen molar-refractivity contribution in [2.45, 2.75) is 361 Å². The Kier molecular flexibility index (Phi) is 43.7. The van der Waals surface area contributed by atoms with Gasteiger partial charge in [0, 0.05) is 5.02 Å². The molecule has 8 aromatic carbocycles. The predicted molar refractivity (Wildman–Crippen MR) is 508 cm³/mol. The van der Waals surface area contributed by atoms with Crippen molar-refractivity contribution in [2.24, 2.45) is 0 Å². The number of alkyl halides is 13. The van der Waals surface area contributed by atoms with Crippen LogP contribution in [0.2, 0.25) is 25.1 Å². The van der Waals surface area contributed by atoms with E-state index in [1.807, 2.05) is 142 Å². The highest BCUT2D eigenvalue weighted by molar-refractivity contribution is 6.42. The van der Waals surface area contributed by atoms with E-state index in [-0.39, 0.29) is 108 Å². The zero-order valence-corrected chi connectivity index (χ0v) is 85.7. The van der Waals surface area contributed by atoms with Gasteiger partial charge in [-0.2, -0.15) is 5.26 Å². The van der Waals surface area contributed by atoms with Gasteiger partial charge >= 0.3 is 31.7 Å². The minimum Gasteiger partial charge on any atom is -0.406 e. The fourth-order valence-corrected chi connectivity index (χ4v) is 16.5. The molecule has 27 heteroatoms. The molecule has 0 radical (unpaired) electrons. The van der Waals surface area contributed by atoms with E-state index in [0.29, 0.717) is 56.7 Å². The molecule has 0 saturated carbocycles. The Morgan fingerprint density at radius 1 is 0.305 bits per heavy atom. The number of halogens is 19. The van der Waals surface area contributed by atoms with Gasteiger partial charge in [-0.3, -0.25) is 0 Å². The van der Waals surface area contributed by atoms with E-state index in [1.54, 1.807) is 44.2 Å². The summed E-state index contributed by atoms with van der Waals surface area (Å²) in [6.45, 7) is 69.3. The molecule has 0 aromatic heterocycles. The second-order valence-electron chi connectivity index (χ2n) is 38.7. The third kappa shape index (κ3) is 35.5. The quantitative estimate of drug-likeness (QED) is 0.0833. The molecule has 131 heavy (non-hydrogen) atoms. The summed E-state index contributed by atoms with van der Waals surface area (Å²) in [5, 5.41) is 11.3. The van der Waals surface area contributed by atoms with Crippen molar-refractivity contribution in [3.8, 4) is 46.3 Å². The molecule has 8 aromatic rings. The number of ether oxygens (including phenoxy) is 7. The van der Waals surface area contributed by atoms with Crippen LogP contribution in [0.15, 0.2) is 109 Å². The van der Waals surface area contributed by atoms with Crippen LogP contribution in [-0.4, -0.2) is 31.7 Å². The average Bonchev–Trinajstić information content (AvgIpc) is 1.62. The maximum atomic E-state index is 14.0. The third-order valence-electron chi connectivity index (χ3n) is 20.9. The lowest BCUT2D eigenvalue weighted by atomic mass is 9.80. The summed E-state index contributed by atoms with van der Waals surface area (Å²) >= 11 is 30.5. The molecule has 10 rings (SSSR count). The molecule has 0 atom stereocenters. The van der Waals surface area contributed by atoms with Gasteiger partial charge in [0.1, 0.15) is 11.5 Å². The first kappa shape index (κ1) is 117. The van der Waals surface area contributed by atoms with Crippen molar-refractivity contribution < 1.29 is 94.6 Å². The average molecular weight is 1950 g/mol. The molecule has 0 saturated heterocycles. The van der Waals surface area contributed by atoms with Crippen molar-refractivity contribution >= 4 is 58.0 Å². The first-order chi connectivity index (χ1) is 59.6. The SMILES string of the molecule is CC(C)c1c(C(C)(C)C)cc2c(c1Cl)OC(F)(F)O2.CC(C)c1cc2c(cc1C(C)(C)C)OC(F)(F)O2.CC(C)c1ccc(C#N)cc1C(C)C.CC(C)c1ccc(Cl)c(Cl)c1C(C)C.CC(C)c1ccc(Cl)cc1C(C)C.CC(C)c1ccc(OC(F)(F)F)c(Cl)c1C(C)C.CC(C)c1ccc(OC(F)(F)F)c(F)c1C(C)C.CC(C)c1ccc(OC(F)(F)F)cc1C(C)C. The van der Waals surface area contributed by atoms with Gasteiger partial charge in [-0.05, 0) is 255 Å². The monoisotopic (exact) mass is 1950 g/mol. The van der Waals surface area contributed by atoms with Crippen LogP contribution in [0.4, 0.5) is 61.5 Å². The van der Waals surface area contributed by atoms with E-state index in [1.165, 1.54) is 57.6 Å². The fourth-order valence-electron chi connectivity index (χ4n) is 14.8. The third-order valence-corrected chi connectivity index (χ3v) is 22.7. The Balaban J connectivity index is 0.000000387. The normalized spacial score (nSPS) is 13.3. The van der Waals surface area contributed by atoms with Gasteiger partial charge in [0.25, 0.3) is 0 Å². The number of benzene rings is 8. The number of hydrogen-bond acceptors (Lipinski definition) is 8. The van der Waals surface area contributed by atoms with E-state index >= 15 is 0 Å². The van der Waals surface area contributed by atoms with Crippen molar-refractivity contribution in [1.29, 1.82) is 5.26 Å². The van der Waals surface area contributed by atoms with Crippen LogP contribution in [0.5, 0.6) is 40.2 Å². The second-order valence-corrected chi connectivity index (χ2v) is 40.6. The summed E-state index contributed by atoms with van der Waals surface area (Å²) in [6.07, 6.45) is -21.4. The summed E-state index contributed by atoms with van der Waals surface area (Å²) in [6, 6.07) is 33.3. The highest BCUT2D eigenvalue weighted by Gasteiger charge is 2.47. The standard InChI is InChI=1S/C14H17ClF2O2.C14H18F2O2.C13H16ClF3O.C13H16F4O.C13H17F3O.C13H17N.C12H16Cl2.C12H17Cl/c1-7(2)10-8(13(3,4)5)6-9-12(11(10)15)19-14(16,17)18-9;1-8(2)9-6-11-12(18-14(15,16)17-11)7-10(9)13(3,4)5;2*1-7(2)9-5-6-10(18-13(15,16)17)12(14)11(9)8(3)4;1-8(2)11-6-5-10(17-13(14,15)16)7-12(11)9(3)4;1-9(2)12-6-5-11(8-14)7-13(12)10(3)4;1-7(2)9-5-6-10(13)12(14)11(9)8(3)4;1-8(2)11-6-5-10(13)7-12(11)9(3)4/h6-7H,1-5H3;6-8H,1-5H3;2*5-8H,1-4H3;5-9H,1-4H3;5-7,9-10H,1-4H3;5-8H,1-4H3;5-9H,1-4H3. The number of nitrogens with zero attached hydrogens (tertiary/aromatic N) is 1. The zero-order chi connectivity index (χ0) is 101. The maximum absolute atomic E-state index is 14.0.